The number of ether oxygens (including phenoxy) is 1. The molecular weight excluding hydrogens is 219 g/mol. The first-order chi connectivity index (χ1) is 8.23. The van der Waals surface area contributed by atoms with Gasteiger partial charge in [0.15, 0.2) is 0 Å². The monoisotopic (exact) mass is 234 g/mol. The average Bonchev–Trinajstić information content (AvgIpc) is 2.71. The van der Waals surface area contributed by atoms with Gasteiger partial charge in [0, 0.05) is 13.7 Å². The van der Waals surface area contributed by atoms with Crippen LogP contribution in [0.3, 0.4) is 0 Å². The summed E-state index contributed by atoms with van der Waals surface area (Å²) < 4.78 is 18.6. The molecule has 1 aliphatic carbocycles. The highest BCUT2D eigenvalue weighted by atomic mass is 19.1. The molecule has 3 nitrogen and oxygen atoms in total. The zero-order valence-electron chi connectivity index (χ0n) is 9.79. The highest BCUT2D eigenvalue weighted by Gasteiger charge is 2.39. The van der Waals surface area contributed by atoms with Crippen LogP contribution in [0, 0.1) is 17.1 Å². The molecule has 0 saturated heterocycles. The number of nitrogens with one attached hydrogen (secondary N) is 1. The molecule has 1 atom stereocenters. The van der Waals surface area contributed by atoms with Gasteiger partial charge in [0.25, 0.3) is 0 Å². The number of nitrogens with zero attached hydrogens (tertiary/aromatic N) is 1. The van der Waals surface area contributed by atoms with Gasteiger partial charge in [-0.1, -0.05) is 12.1 Å². The van der Waals surface area contributed by atoms with Gasteiger partial charge in [-0.05, 0) is 30.0 Å². The van der Waals surface area contributed by atoms with Crippen LogP contribution < -0.4 is 5.32 Å². The van der Waals surface area contributed by atoms with Crippen LogP contribution >= 0.6 is 0 Å². The fourth-order valence-electron chi connectivity index (χ4n) is 2.37. The number of methoxy groups -OCH3 is 1. The van der Waals surface area contributed by atoms with Crippen molar-refractivity contribution in [2.24, 2.45) is 0 Å². The molecule has 0 aromatic heterocycles. The van der Waals surface area contributed by atoms with E-state index in [2.05, 4.69) is 11.4 Å². The topological polar surface area (TPSA) is 45.0 Å². The Morgan fingerprint density at radius 2 is 2.41 bits per heavy atom. The Morgan fingerprint density at radius 1 is 1.59 bits per heavy atom. The van der Waals surface area contributed by atoms with Crippen LogP contribution in [0.2, 0.25) is 0 Å². The average molecular weight is 234 g/mol. The van der Waals surface area contributed by atoms with Crippen molar-refractivity contribution in [2.75, 3.05) is 20.3 Å². The van der Waals surface area contributed by atoms with Crippen LogP contribution in [0.25, 0.3) is 0 Å². The van der Waals surface area contributed by atoms with E-state index in [1.165, 1.54) is 6.07 Å². The number of halogens is 1. The lowest BCUT2D eigenvalue weighted by Gasteiger charge is -2.23. The fourth-order valence-corrected chi connectivity index (χ4v) is 2.37. The summed E-state index contributed by atoms with van der Waals surface area (Å²) in [5.74, 6) is -0.215. The van der Waals surface area contributed by atoms with E-state index in [1.807, 2.05) is 6.07 Å². The summed E-state index contributed by atoms with van der Waals surface area (Å²) in [6.07, 6.45) is 1.22. The molecule has 0 fully saturated rings. The summed E-state index contributed by atoms with van der Waals surface area (Å²) >= 11 is 0. The molecule has 1 unspecified atom stereocenters. The summed E-state index contributed by atoms with van der Waals surface area (Å²) in [4.78, 5) is 0. The summed E-state index contributed by atoms with van der Waals surface area (Å²) in [7, 11) is 1.61. The van der Waals surface area contributed by atoms with Crippen molar-refractivity contribution in [3.63, 3.8) is 0 Å². The van der Waals surface area contributed by atoms with E-state index in [1.54, 1.807) is 13.2 Å². The maximum atomic E-state index is 13.6. The van der Waals surface area contributed by atoms with Crippen LogP contribution in [-0.4, -0.2) is 20.3 Å². The summed E-state index contributed by atoms with van der Waals surface area (Å²) in [5, 5.41) is 12.6. The molecule has 0 aliphatic heterocycles. The third-order valence-corrected chi connectivity index (χ3v) is 3.25. The Kier molecular flexibility index (Phi) is 3.41. The molecular formula is C13H15FN2O. The minimum Gasteiger partial charge on any atom is -0.383 e. The Bertz CT molecular complexity index is 455. The predicted octanol–water partition coefficient (Wildman–Crippen LogP) is 1.73. The van der Waals surface area contributed by atoms with E-state index in [4.69, 9.17) is 4.74 Å². The third kappa shape index (κ3) is 2.04. The molecule has 1 aromatic carbocycles. The Hall–Kier alpha value is -1.44. The van der Waals surface area contributed by atoms with Gasteiger partial charge in [-0.2, -0.15) is 5.26 Å². The fraction of sp³-hybridized carbons (Fsp3) is 0.462. The SMILES string of the molecule is COCCNC1(C#N)CCc2c(F)cccc21. The maximum Gasteiger partial charge on any atom is 0.133 e. The number of benzene rings is 1. The van der Waals surface area contributed by atoms with Crippen molar-refractivity contribution in [1.29, 1.82) is 5.26 Å². The van der Waals surface area contributed by atoms with E-state index < -0.39 is 5.54 Å². The van der Waals surface area contributed by atoms with Gasteiger partial charge in [0.1, 0.15) is 11.4 Å². The van der Waals surface area contributed by atoms with E-state index in [0.717, 1.165) is 5.56 Å². The first-order valence-electron chi connectivity index (χ1n) is 5.66. The molecule has 0 radical (unpaired) electrons. The van der Waals surface area contributed by atoms with Gasteiger partial charge in [0.2, 0.25) is 0 Å². The molecule has 90 valence electrons. The van der Waals surface area contributed by atoms with Crippen LogP contribution in [-0.2, 0) is 16.7 Å². The minimum atomic E-state index is -0.754. The van der Waals surface area contributed by atoms with E-state index in [0.29, 0.717) is 31.6 Å². The van der Waals surface area contributed by atoms with Crippen molar-refractivity contribution in [1.82, 2.24) is 5.32 Å². The van der Waals surface area contributed by atoms with Crippen molar-refractivity contribution in [3.8, 4) is 6.07 Å². The van der Waals surface area contributed by atoms with Crippen molar-refractivity contribution in [3.05, 3.63) is 35.1 Å². The summed E-state index contributed by atoms with van der Waals surface area (Å²) in [5.41, 5.74) is 0.686. The summed E-state index contributed by atoms with van der Waals surface area (Å²) in [6, 6.07) is 7.22. The third-order valence-electron chi connectivity index (χ3n) is 3.25. The second-order valence-electron chi connectivity index (χ2n) is 4.20. The summed E-state index contributed by atoms with van der Waals surface area (Å²) in [6.45, 7) is 1.12. The van der Waals surface area contributed by atoms with Crippen LogP contribution in [0.15, 0.2) is 18.2 Å². The van der Waals surface area contributed by atoms with Crippen molar-refractivity contribution >= 4 is 0 Å². The van der Waals surface area contributed by atoms with Crippen LogP contribution in [0.5, 0.6) is 0 Å². The highest BCUT2D eigenvalue weighted by Crippen LogP contribution is 2.37. The molecule has 1 N–H and O–H groups in total. The number of hydrogen-bond donors (Lipinski definition) is 1. The van der Waals surface area contributed by atoms with Gasteiger partial charge in [-0.15, -0.1) is 0 Å². The largest absolute Gasteiger partial charge is 0.383 e. The number of rotatable bonds is 4. The molecule has 0 spiro atoms. The zero-order chi connectivity index (χ0) is 12.3. The van der Waals surface area contributed by atoms with E-state index >= 15 is 0 Å². The molecule has 4 heteroatoms. The molecule has 17 heavy (non-hydrogen) atoms. The Morgan fingerprint density at radius 3 is 3.12 bits per heavy atom. The number of hydrogen-bond acceptors (Lipinski definition) is 3. The molecule has 2 rings (SSSR count). The van der Waals surface area contributed by atoms with Crippen LogP contribution in [0.1, 0.15) is 17.5 Å². The van der Waals surface area contributed by atoms with Crippen molar-refractivity contribution in [2.45, 2.75) is 18.4 Å². The lowest BCUT2D eigenvalue weighted by molar-refractivity contribution is 0.190. The lowest BCUT2D eigenvalue weighted by atomic mass is 9.93. The lowest BCUT2D eigenvalue weighted by Crippen LogP contribution is -2.40. The predicted molar refractivity (Wildman–Crippen MR) is 61.9 cm³/mol. The normalized spacial score (nSPS) is 22.2. The van der Waals surface area contributed by atoms with Gasteiger partial charge < -0.3 is 4.74 Å². The van der Waals surface area contributed by atoms with E-state index in [9.17, 15) is 9.65 Å². The first kappa shape index (κ1) is 12.0. The second-order valence-corrected chi connectivity index (χ2v) is 4.20. The molecule has 0 amide bonds. The number of fused-ring (bicyclic) bond motifs is 1. The van der Waals surface area contributed by atoms with Gasteiger partial charge in [-0.25, -0.2) is 4.39 Å². The first-order valence-corrected chi connectivity index (χ1v) is 5.66. The molecule has 0 saturated carbocycles. The maximum absolute atomic E-state index is 13.6. The molecule has 1 aromatic rings. The minimum absolute atomic E-state index is 0.215. The zero-order valence-corrected chi connectivity index (χ0v) is 9.79. The van der Waals surface area contributed by atoms with Gasteiger partial charge >= 0.3 is 0 Å². The molecule has 0 bridgehead atoms. The Labute approximate surface area is 100 Å². The molecule has 0 heterocycles. The second kappa shape index (κ2) is 4.82. The smallest absolute Gasteiger partial charge is 0.133 e. The van der Waals surface area contributed by atoms with Crippen molar-refractivity contribution < 1.29 is 9.13 Å². The quantitative estimate of drug-likeness (QED) is 0.807. The van der Waals surface area contributed by atoms with Gasteiger partial charge in [0.05, 0.1) is 12.7 Å². The highest BCUT2D eigenvalue weighted by molar-refractivity contribution is 5.44. The molecule has 1 aliphatic rings. The van der Waals surface area contributed by atoms with Gasteiger partial charge in [-0.3, -0.25) is 5.32 Å². The standard InChI is InChI=1S/C13H15FN2O/c1-17-8-7-16-13(9-15)6-5-10-11(13)3-2-4-12(10)14/h2-4,16H,5-8H2,1H3. The Balaban J connectivity index is 2.28. The van der Waals surface area contributed by atoms with E-state index in [-0.39, 0.29) is 5.82 Å². The van der Waals surface area contributed by atoms with Crippen LogP contribution in [0.4, 0.5) is 4.39 Å². The number of nitriles is 1.